The summed E-state index contributed by atoms with van der Waals surface area (Å²) >= 11 is 3.79. The Morgan fingerprint density at radius 2 is 1.50 bits per heavy atom. The zero-order chi connectivity index (χ0) is 26.4. The molecule has 0 aliphatic heterocycles. The number of allylic oxidation sites excluding steroid dienone is 7. The highest BCUT2D eigenvalue weighted by atomic mass is 79.9. The van der Waals surface area contributed by atoms with Crippen LogP contribution in [0.25, 0.3) is 40.5 Å². The van der Waals surface area contributed by atoms with Crippen molar-refractivity contribution in [2.75, 3.05) is 0 Å². The van der Waals surface area contributed by atoms with E-state index in [0.29, 0.717) is 0 Å². The summed E-state index contributed by atoms with van der Waals surface area (Å²) in [5, 5.41) is 2.18. The molecule has 2 aliphatic carbocycles. The topological polar surface area (TPSA) is 0 Å². The molecule has 0 saturated heterocycles. The highest BCUT2D eigenvalue weighted by Crippen LogP contribution is 2.62. The van der Waals surface area contributed by atoms with Gasteiger partial charge in [-0.15, -0.1) is 0 Å². The van der Waals surface area contributed by atoms with Gasteiger partial charge in [0.1, 0.15) is 0 Å². The van der Waals surface area contributed by atoms with E-state index < -0.39 is 5.41 Å². The van der Waals surface area contributed by atoms with E-state index in [-0.39, 0.29) is 0 Å². The highest BCUT2D eigenvalue weighted by molar-refractivity contribution is 9.10. The molecule has 1 heteroatoms. The normalized spacial score (nSPS) is 18.0. The van der Waals surface area contributed by atoms with Crippen LogP contribution in [0.3, 0.4) is 0 Å². The van der Waals surface area contributed by atoms with Crippen molar-refractivity contribution in [2.24, 2.45) is 0 Å². The largest absolute Gasteiger partial charge is 0.0991 e. The lowest BCUT2D eigenvalue weighted by Crippen LogP contribution is -2.27. The van der Waals surface area contributed by atoms with Crippen molar-refractivity contribution in [3.05, 3.63) is 159 Å². The Hall–Kier alpha value is -3.94. The average molecular weight is 554 g/mol. The van der Waals surface area contributed by atoms with Gasteiger partial charge in [-0.05, 0) is 98.1 Å². The van der Waals surface area contributed by atoms with Crippen LogP contribution in [-0.2, 0) is 5.41 Å². The van der Waals surface area contributed by atoms with Gasteiger partial charge in [-0.1, -0.05) is 126 Å². The maximum Gasteiger partial charge on any atom is 0.0722 e. The van der Waals surface area contributed by atoms with Gasteiger partial charge in [-0.25, -0.2) is 0 Å². The quantitative estimate of drug-likeness (QED) is 0.222. The summed E-state index contributed by atoms with van der Waals surface area (Å²) in [6.45, 7) is 12.6. The first-order valence-electron chi connectivity index (χ1n) is 13.0. The lowest BCUT2D eigenvalue weighted by atomic mass is 9.69. The molecule has 38 heavy (non-hydrogen) atoms. The zero-order valence-electron chi connectivity index (χ0n) is 21.8. The van der Waals surface area contributed by atoms with Crippen LogP contribution in [-0.4, -0.2) is 0 Å². The molecule has 0 amide bonds. The second kappa shape index (κ2) is 9.42. The molecular formula is C37H29Br. The van der Waals surface area contributed by atoms with Gasteiger partial charge in [-0.3, -0.25) is 0 Å². The molecular weight excluding hydrogens is 524 g/mol. The van der Waals surface area contributed by atoms with Crippen molar-refractivity contribution in [1.29, 1.82) is 0 Å². The summed E-state index contributed by atoms with van der Waals surface area (Å²) in [6.07, 6.45) is 12.5. The third-order valence-corrected chi connectivity index (χ3v) is 8.50. The minimum Gasteiger partial charge on any atom is -0.0991 e. The molecule has 2 aliphatic rings. The standard InChI is InChI=1S/C37H29Br/c1-5-7-13-28-24(3)12-11-15-30(28)26-18-20-31-32-21-19-27(38)23-36(32)37(35(31)22-26)33(16-8-6-2)25(4)29-14-9-10-17-34(29)37/h5-23H,2-3H2,1,4H3/b7-5-,16-8-,28-13+. The number of benzene rings is 4. The van der Waals surface area contributed by atoms with Gasteiger partial charge in [-0.2, -0.15) is 0 Å². The molecule has 4 aromatic carbocycles. The maximum atomic E-state index is 4.33. The Kier molecular flexibility index (Phi) is 6.05. The molecule has 0 bridgehead atoms. The lowest BCUT2D eigenvalue weighted by molar-refractivity contribution is 0.785. The molecule has 0 N–H and O–H groups in total. The van der Waals surface area contributed by atoms with Crippen molar-refractivity contribution in [1.82, 2.24) is 0 Å². The van der Waals surface area contributed by atoms with Crippen LogP contribution in [0.15, 0.2) is 126 Å². The molecule has 0 nitrogen and oxygen atoms in total. The van der Waals surface area contributed by atoms with Crippen LogP contribution in [0, 0.1) is 0 Å². The van der Waals surface area contributed by atoms with Gasteiger partial charge in [0.2, 0.25) is 0 Å². The lowest BCUT2D eigenvalue weighted by Gasteiger charge is -2.32. The minimum absolute atomic E-state index is 0.403. The predicted molar refractivity (Wildman–Crippen MR) is 167 cm³/mol. The van der Waals surface area contributed by atoms with Crippen molar-refractivity contribution < 1.29 is 0 Å². The fraction of sp³-hybridized carbons (Fsp3) is 0.0811. The molecule has 4 aromatic rings. The molecule has 0 aromatic heterocycles. The second-order valence-corrected chi connectivity index (χ2v) is 10.9. The number of halogens is 1. The first kappa shape index (κ1) is 24.4. The van der Waals surface area contributed by atoms with Gasteiger partial charge in [0.25, 0.3) is 0 Å². The van der Waals surface area contributed by atoms with Crippen molar-refractivity contribution in [2.45, 2.75) is 19.3 Å². The second-order valence-electron chi connectivity index (χ2n) is 9.95. The molecule has 6 rings (SSSR count). The van der Waals surface area contributed by atoms with Crippen LogP contribution in [0.4, 0.5) is 0 Å². The Balaban J connectivity index is 1.75. The fourth-order valence-corrected chi connectivity index (χ4v) is 6.78. The smallest absolute Gasteiger partial charge is 0.0722 e. The summed E-state index contributed by atoms with van der Waals surface area (Å²) in [5.41, 5.74) is 12.5. The predicted octanol–water partition coefficient (Wildman–Crippen LogP) is 8.73. The fourth-order valence-electron chi connectivity index (χ4n) is 6.42. The van der Waals surface area contributed by atoms with E-state index in [4.69, 9.17) is 0 Å². The highest BCUT2D eigenvalue weighted by Gasteiger charge is 2.51. The van der Waals surface area contributed by atoms with E-state index in [1.54, 1.807) is 0 Å². The van der Waals surface area contributed by atoms with E-state index in [1.807, 2.05) is 13.0 Å². The van der Waals surface area contributed by atoms with Gasteiger partial charge in [0, 0.05) is 4.47 Å². The number of fused-ring (bicyclic) bond motifs is 7. The van der Waals surface area contributed by atoms with E-state index in [0.717, 1.165) is 14.9 Å². The van der Waals surface area contributed by atoms with E-state index in [1.165, 1.54) is 55.7 Å². The molecule has 1 atom stereocenters. The third-order valence-electron chi connectivity index (χ3n) is 8.00. The summed E-state index contributed by atoms with van der Waals surface area (Å²) in [4.78, 5) is 0. The Labute approximate surface area is 233 Å². The summed E-state index contributed by atoms with van der Waals surface area (Å²) < 4.78 is 1.09. The number of rotatable bonds is 4. The Bertz CT molecular complexity index is 1830. The van der Waals surface area contributed by atoms with Crippen LogP contribution in [0.1, 0.15) is 36.1 Å². The third kappa shape index (κ3) is 3.42. The molecule has 184 valence electrons. The monoisotopic (exact) mass is 552 g/mol. The van der Waals surface area contributed by atoms with E-state index >= 15 is 0 Å². The van der Waals surface area contributed by atoms with Crippen LogP contribution < -0.4 is 10.4 Å². The van der Waals surface area contributed by atoms with Crippen molar-refractivity contribution in [3.63, 3.8) is 0 Å². The van der Waals surface area contributed by atoms with Gasteiger partial charge in [0.15, 0.2) is 0 Å². The van der Waals surface area contributed by atoms with Crippen LogP contribution in [0.2, 0.25) is 0 Å². The van der Waals surface area contributed by atoms with Crippen LogP contribution >= 0.6 is 15.9 Å². The molecule has 0 fully saturated rings. The molecule has 0 saturated carbocycles. The van der Waals surface area contributed by atoms with Gasteiger partial charge in [0.05, 0.1) is 5.41 Å². The zero-order valence-corrected chi connectivity index (χ0v) is 23.3. The van der Waals surface area contributed by atoms with Crippen LogP contribution in [0.5, 0.6) is 0 Å². The summed E-state index contributed by atoms with van der Waals surface area (Å²) in [6, 6.07) is 29.0. The molecule has 0 radical (unpaired) electrons. The molecule has 1 unspecified atom stereocenters. The van der Waals surface area contributed by atoms with Gasteiger partial charge < -0.3 is 0 Å². The summed E-state index contributed by atoms with van der Waals surface area (Å²) in [7, 11) is 0. The maximum absolute atomic E-state index is 4.33. The first-order valence-corrected chi connectivity index (χ1v) is 13.8. The average Bonchev–Trinajstić information content (AvgIpc) is 3.35. The molecule has 1 spiro atoms. The van der Waals surface area contributed by atoms with E-state index in [9.17, 15) is 0 Å². The Morgan fingerprint density at radius 1 is 0.763 bits per heavy atom. The SMILES string of the molecule is C=C/C=C\C1=C(C)c2ccccc2C12c1cc(Br)ccc1-c1ccc(-c3cccc(=C)/c3=C\C=C/C)cc12. The Morgan fingerprint density at radius 3 is 2.29 bits per heavy atom. The van der Waals surface area contributed by atoms with Gasteiger partial charge >= 0.3 is 0 Å². The molecule has 0 heterocycles. The first-order chi connectivity index (χ1) is 18.5. The number of hydrogen-bond donors (Lipinski definition) is 0. The van der Waals surface area contributed by atoms with Crippen molar-refractivity contribution in [3.8, 4) is 22.3 Å². The number of hydrogen-bond acceptors (Lipinski definition) is 0. The van der Waals surface area contributed by atoms with Crippen molar-refractivity contribution >= 4 is 34.2 Å². The summed E-state index contributed by atoms with van der Waals surface area (Å²) in [5.74, 6) is 0. The van der Waals surface area contributed by atoms with E-state index in [2.05, 4.69) is 145 Å². The minimum atomic E-state index is -0.403.